The lowest BCUT2D eigenvalue weighted by molar-refractivity contribution is -0.116. The number of H-pyrrole nitrogens is 1. The van der Waals surface area contributed by atoms with E-state index in [0.717, 1.165) is 33.3 Å². The molecule has 1 amide bonds. The predicted molar refractivity (Wildman–Crippen MR) is 102 cm³/mol. The number of hydrogen-bond donors (Lipinski definition) is 2. The fourth-order valence-electron chi connectivity index (χ4n) is 2.60. The maximum Gasteiger partial charge on any atom is 0.244 e. The number of carbonyl (C=O) groups excluding carboxylic acids is 1. The molecule has 2 aromatic carbocycles. The molecule has 0 fully saturated rings. The van der Waals surface area contributed by atoms with Gasteiger partial charge in [0.15, 0.2) is 0 Å². The number of aromatic nitrogens is 1. The van der Waals surface area contributed by atoms with Gasteiger partial charge in [0.05, 0.1) is 0 Å². The SMILES string of the molecule is CC.CNC(=O)/C=C(/c1ccccc1)c1ccc2[nH]c(C)cc2c1. The maximum atomic E-state index is 11.8. The predicted octanol–water partition coefficient (Wildman–Crippen LogP) is 4.68. The number of benzene rings is 2. The Hall–Kier alpha value is -2.81. The van der Waals surface area contributed by atoms with Crippen LogP contribution < -0.4 is 5.32 Å². The van der Waals surface area contributed by atoms with Crippen LogP contribution in [0.2, 0.25) is 0 Å². The van der Waals surface area contributed by atoms with Gasteiger partial charge in [0, 0.05) is 29.7 Å². The van der Waals surface area contributed by atoms with Crippen molar-refractivity contribution in [1.82, 2.24) is 10.3 Å². The summed E-state index contributed by atoms with van der Waals surface area (Å²) in [5.41, 5.74) is 5.21. The van der Waals surface area contributed by atoms with Gasteiger partial charge in [-0.15, -0.1) is 0 Å². The topological polar surface area (TPSA) is 44.9 Å². The van der Waals surface area contributed by atoms with E-state index in [2.05, 4.69) is 28.5 Å². The first kappa shape index (κ1) is 17.5. The summed E-state index contributed by atoms with van der Waals surface area (Å²) in [6.45, 7) is 6.04. The fraction of sp³-hybridized carbons (Fsp3) is 0.190. The quantitative estimate of drug-likeness (QED) is 0.676. The third kappa shape index (κ3) is 3.93. The normalized spacial score (nSPS) is 10.9. The summed E-state index contributed by atoms with van der Waals surface area (Å²) in [6, 6.07) is 18.3. The molecule has 0 aliphatic rings. The Kier molecular flexibility index (Phi) is 5.96. The molecule has 3 heteroatoms. The summed E-state index contributed by atoms with van der Waals surface area (Å²) >= 11 is 0. The van der Waals surface area contributed by atoms with Crippen LogP contribution in [0, 0.1) is 6.92 Å². The Balaban J connectivity index is 0.00000100. The summed E-state index contributed by atoms with van der Waals surface area (Å²) in [5.74, 6) is -0.107. The minimum Gasteiger partial charge on any atom is -0.359 e. The number of aromatic amines is 1. The highest BCUT2D eigenvalue weighted by Gasteiger charge is 2.08. The lowest BCUT2D eigenvalue weighted by Crippen LogP contribution is -2.15. The van der Waals surface area contributed by atoms with Crippen LogP contribution in [0.3, 0.4) is 0 Å². The molecular weight excluding hydrogens is 296 g/mol. The number of carbonyl (C=O) groups is 1. The van der Waals surface area contributed by atoms with E-state index >= 15 is 0 Å². The Bertz CT molecular complexity index is 845. The van der Waals surface area contributed by atoms with Crippen molar-refractivity contribution in [2.45, 2.75) is 20.8 Å². The number of likely N-dealkylation sites (N-methyl/N-ethyl adjacent to an activating group) is 1. The third-order valence-electron chi connectivity index (χ3n) is 3.67. The highest BCUT2D eigenvalue weighted by molar-refractivity contribution is 6.00. The minimum atomic E-state index is -0.107. The summed E-state index contributed by atoms with van der Waals surface area (Å²) in [7, 11) is 1.64. The van der Waals surface area contributed by atoms with Crippen LogP contribution >= 0.6 is 0 Å². The Labute approximate surface area is 143 Å². The van der Waals surface area contributed by atoms with Gasteiger partial charge in [-0.1, -0.05) is 50.2 Å². The summed E-state index contributed by atoms with van der Waals surface area (Å²) in [4.78, 5) is 15.2. The summed E-state index contributed by atoms with van der Waals surface area (Å²) in [6.07, 6.45) is 1.65. The second kappa shape index (κ2) is 8.16. The van der Waals surface area contributed by atoms with Crippen LogP contribution in [0.5, 0.6) is 0 Å². The zero-order valence-electron chi connectivity index (χ0n) is 14.7. The maximum absolute atomic E-state index is 11.8. The van der Waals surface area contributed by atoms with Crippen molar-refractivity contribution in [2.75, 3.05) is 7.05 Å². The van der Waals surface area contributed by atoms with Gasteiger partial charge in [-0.25, -0.2) is 0 Å². The molecule has 1 aromatic heterocycles. The molecule has 0 aliphatic heterocycles. The number of nitrogens with one attached hydrogen (secondary N) is 2. The highest BCUT2D eigenvalue weighted by Crippen LogP contribution is 2.26. The van der Waals surface area contributed by atoms with Crippen molar-refractivity contribution in [3.05, 3.63) is 77.5 Å². The second-order valence-corrected chi connectivity index (χ2v) is 5.29. The minimum absolute atomic E-state index is 0.107. The number of aryl methyl sites for hydroxylation is 1. The van der Waals surface area contributed by atoms with Crippen LogP contribution in [-0.4, -0.2) is 17.9 Å². The van der Waals surface area contributed by atoms with Gasteiger partial charge in [0.1, 0.15) is 0 Å². The van der Waals surface area contributed by atoms with Crippen LogP contribution in [0.1, 0.15) is 30.7 Å². The van der Waals surface area contributed by atoms with E-state index in [4.69, 9.17) is 0 Å². The van der Waals surface area contributed by atoms with Crippen molar-refractivity contribution >= 4 is 22.4 Å². The van der Waals surface area contributed by atoms with Gasteiger partial charge in [-0.3, -0.25) is 4.79 Å². The van der Waals surface area contributed by atoms with Gasteiger partial charge in [0.2, 0.25) is 5.91 Å². The molecule has 24 heavy (non-hydrogen) atoms. The van der Waals surface area contributed by atoms with E-state index in [9.17, 15) is 4.79 Å². The largest absolute Gasteiger partial charge is 0.359 e. The monoisotopic (exact) mass is 320 g/mol. The van der Waals surface area contributed by atoms with E-state index in [0.29, 0.717) is 0 Å². The molecule has 0 saturated heterocycles. The Morgan fingerprint density at radius 1 is 1.00 bits per heavy atom. The van der Waals surface area contributed by atoms with Gasteiger partial charge in [-0.05, 0) is 41.8 Å². The van der Waals surface area contributed by atoms with Gasteiger partial charge < -0.3 is 10.3 Å². The Morgan fingerprint density at radius 2 is 1.71 bits per heavy atom. The van der Waals surface area contributed by atoms with E-state index in [1.807, 2.05) is 57.2 Å². The van der Waals surface area contributed by atoms with Crippen LogP contribution in [0.15, 0.2) is 60.7 Å². The molecule has 0 bridgehead atoms. The van der Waals surface area contributed by atoms with Gasteiger partial charge in [0.25, 0.3) is 0 Å². The van der Waals surface area contributed by atoms with Gasteiger partial charge >= 0.3 is 0 Å². The van der Waals surface area contributed by atoms with E-state index < -0.39 is 0 Å². The molecule has 3 aromatic rings. The fourth-order valence-corrected chi connectivity index (χ4v) is 2.60. The van der Waals surface area contributed by atoms with Crippen LogP contribution in [-0.2, 0) is 4.79 Å². The van der Waals surface area contributed by atoms with Gasteiger partial charge in [-0.2, -0.15) is 0 Å². The van der Waals surface area contributed by atoms with Crippen LogP contribution in [0.4, 0.5) is 0 Å². The molecule has 2 N–H and O–H groups in total. The molecule has 3 nitrogen and oxygen atoms in total. The van der Waals surface area contributed by atoms with Crippen molar-refractivity contribution in [3.8, 4) is 0 Å². The van der Waals surface area contributed by atoms with Crippen molar-refractivity contribution < 1.29 is 4.79 Å². The average Bonchev–Trinajstić information content (AvgIpc) is 3.01. The first-order valence-electron chi connectivity index (χ1n) is 8.26. The zero-order chi connectivity index (χ0) is 17.5. The Morgan fingerprint density at radius 3 is 2.38 bits per heavy atom. The third-order valence-corrected chi connectivity index (χ3v) is 3.67. The molecule has 1 heterocycles. The molecular formula is C21H24N2O. The lowest BCUT2D eigenvalue weighted by atomic mass is 9.96. The molecule has 0 spiro atoms. The van der Waals surface area contributed by atoms with Crippen molar-refractivity contribution in [2.24, 2.45) is 0 Å². The number of amides is 1. The van der Waals surface area contributed by atoms with Crippen molar-refractivity contribution in [3.63, 3.8) is 0 Å². The molecule has 3 rings (SSSR count). The molecule has 0 aliphatic carbocycles. The number of fused-ring (bicyclic) bond motifs is 1. The lowest BCUT2D eigenvalue weighted by Gasteiger charge is -2.09. The molecule has 0 atom stereocenters. The second-order valence-electron chi connectivity index (χ2n) is 5.29. The standard InChI is InChI=1S/C19H18N2O.C2H6/c1-13-10-16-11-15(8-9-18(16)21-13)17(12-19(22)20-2)14-6-4-3-5-7-14;1-2/h3-12,21H,1-2H3,(H,20,22);1-2H3/b17-12-;. The average molecular weight is 320 g/mol. The van der Waals surface area contributed by atoms with Crippen LogP contribution in [0.25, 0.3) is 16.5 Å². The van der Waals surface area contributed by atoms with Crippen molar-refractivity contribution in [1.29, 1.82) is 0 Å². The molecule has 0 saturated carbocycles. The number of hydrogen-bond acceptors (Lipinski definition) is 1. The molecule has 0 unspecified atom stereocenters. The first-order chi connectivity index (χ1) is 11.7. The summed E-state index contributed by atoms with van der Waals surface area (Å²) < 4.78 is 0. The first-order valence-corrected chi connectivity index (χ1v) is 8.26. The molecule has 124 valence electrons. The van der Waals surface area contributed by atoms with E-state index in [-0.39, 0.29) is 5.91 Å². The smallest absolute Gasteiger partial charge is 0.244 e. The molecule has 0 radical (unpaired) electrons. The van der Waals surface area contributed by atoms with E-state index in [1.165, 1.54) is 0 Å². The highest BCUT2D eigenvalue weighted by atomic mass is 16.1. The number of rotatable bonds is 3. The summed E-state index contributed by atoms with van der Waals surface area (Å²) in [5, 5.41) is 3.80. The van der Waals surface area contributed by atoms with E-state index in [1.54, 1.807) is 13.1 Å². The zero-order valence-corrected chi connectivity index (χ0v) is 14.7.